The van der Waals surface area contributed by atoms with Crippen molar-refractivity contribution in [3.63, 3.8) is 0 Å². The van der Waals surface area contributed by atoms with Gasteiger partial charge in [-0.3, -0.25) is 14.5 Å². The average molecular weight is 457 g/mol. The number of para-hydroxylation sites is 1. The smallest absolute Gasteiger partial charge is 0.236 e. The van der Waals surface area contributed by atoms with Crippen LogP contribution in [0.15, 0.2) is 30.3 Å². The number of ether oxygens (including phenoxy) is 1. The molecule has 0 bridgehead atoms. The summed E-state index contributed by atoms with van der Waals surface area (Å²) in [5.41, 5.74) is 0. The Labute approximate surface area is 198 Å². The molecule has 3 aliphatic rings. The van der Waals surface area contributed by atoms with Crippen LogP contribution in [0.4, 0.5) is 0 Å². The highest BCUT2D eigenvalue weighted by molar-refractivity contribution is 5.79. The van der Waals surface area contributed by atoms with Crippen molar-refractivity contribution in [2.24, 2.45) is 11.8 Å². The number of rotatable bonds is 6. The Morgan fingerprint density at radius 1 is 0.879 bits per heavy atom. The molecule has 182 valence electrons. The number of piperidine rings is 2. The third-order valence-corrected chi connectivity index (χ3v) is 7.58. The Hall–Kier alpha value is -2.12. The summed E-state index contributed by atoms with van der Waals surface area (Å²) in [6.07, 6.45) is 3.48. The van der Waals surface area contributed by atoms with E-state index in [9.17, 15) is 9.59 Å². The summed E-state index contributed by atoms with van der Waals surface area (Å²) < 4.78 is 6.34. The van der Waals surface area contributed by atoms with Crippen LogP contribution >= 0.6 is 0 Å². The van der Waals surface area contributed by atoms with E-state index < -0.39 is 0 Å². The minimum Gasteiger partial charge on any atom is -0.490 e. The van der Waals surface area contributed by atoms with Crippen molar-refractivity contribution < 1.29 is 14.3 Å². The molecule has 2 amide bonds. The fourth-order valence-corrected chi connectivity index (χ4v) is 5.18. The van der Waals surface area contributed by atoms with Gasteiger partial charge in [-0.05, 0) is 51.0 Å². The summed E-state index contributed by atoms with van der Waals surface area (Å²) in [6, 6.07) is 9.85. The first-order chi connectivity index (χ1) is 16.0. The van der Waals surface area contributed by atoms with E-state index in [-0.39, 0.29) is 23.8 Å². The van der Waals surface area contributed by atoms with E-state index in [2.05, 4.69) is 23.8 Å². The molecule has 3 aliphatic heterocycles. The van der Waals surface area contributed by atoms with Gasteiger partial charge in [0.15, 0.2) is 0 Å². The normalized spacial score (nSPS) is 25.8. The number of carbonyl (C=O) groups is 2. The Kier molecular flexibility index (Phi) is 8.25. The molecule has 3 saturated heterocycles. The molecule has 0 aliphatic carbocycles. The predicted molar refractivity (Wildman–Crippen MR) is 129 cm³/mol. The standard InChI is InChI=1S/C26H40N4O3/c1-21-8-11-28(12-9-21)20-26(32)30-13-10-24(33-23-6-4-3-5-7-23)22(19-30)18-25(31)29-16-14-27(2)15-17-29/h3-7,21-22,24H,8-20H2,1-2H3/t22-,24-/m0/s1. The van der Waals surface area contributed by atoms with Crippen LogP contribution in [-0.4, -0.2) is 103 Å². The zero-order chi connectivity index (χ0) is 23.2. The highest BCUT2D eigenvalue weighted by Gasteiger charge is 2.36. The summed E-state index contributed by atoms with van der Waals surface area (Å²) in [7, 11) is 2.10. The van der Waals surface area contributed by atoms with Crippen LogP contribution in [0.5, 0.6) is 5.75 Å². The lowest BCUT2D eigenvalue weighted by Crippen LogP contribution is -2.53. The van der Waals surface area contributed by atoms with Gasteiger partial charge in [0.25, 0.3) is 0 Å². The SMILES string of the molecule is CC1CCN(CC(=O)N2CC[C@H](Oc3ccccc3)[C@@H](CC(=O)N3CCN(C)CC3)C2)CC1. The zero-order valence-corrected chi connectivity index (χ0v) is 20.3. The Morgan fingerprint density at radius 3 is 2.27 bits per heavy atom. The van der Waals surface area contributed by atoms with Crippen molar-refractivity contribution in [3.8, 4) is 5.75 Å². The third kappa shape index (κ3) is 6.70. The second kappa shape index (κ2) is 11.3. The zero-order valence-electron chi connectivity index (χ0n) is 20.3. The molecule has 3 heterocycles. The van der Waals surface area contributed by atoms with Crippen molar-refractivity contribution in [1.82, 2.24) is 19.6 Å². The highest BCUT2D eigenvalue weighted by atomic mass is 16.5. The number of piperazine rings is 1. The number of benzene rings is 1. The van der Waals surface area contributed by atoms with Crippen molar-refractivity contribution in [1.29, 1.82) is 0 Å². The van der Waals surface area contributed by atoms with E-state index in [0.29, 0.717) is 26.1 Å². The topological polar surface area (TPSA) is 56.3 Å². The van der Waals surface area contributed by atoms with Crippen LogP contribution in [0.25, 0.3) is 0 Å². The maximum Gasteiger partial charge on any atom is 0.236 e. The van der Waals surface area contributed by atoms with Crippen molar-refractivity contribution in [2.45, 2.75) is 38.7 Å². The predicted octanol–water partition coefficient (Wildman–Crippen LogP) is 2.18. The van der Waals surface area contributed by atoms with E-state index in [1.807, 2.05) is 40.1 Å². The number of amides is 2. The second-order valence-electron chi connectivity index (χ2n) is 10.2. The van der Waals surface area contributed by atoms with Gasteiger partial charge in [0, 0.05) is 58.0 Å². The molecule has 0 unspecified atom stereocenters. The van der Waals surface area contributed by atoms with Gasteiger partial charge in [-0.1, -0.05) is 25.1 Å². The summed E-state index contributed by atoms with van der Waals surface area (Å²) in [5, 5.41) is 0. The molecule has 4 rings (SSSR count). The monoisotopic (exact) mass is 456 g/mol. The Bertz CT molecular complexity index is 773. The molecular formula is C26H40N4O3. The van der Waals surface area contributed by atoms with Gasteiger partial charge in [-0.2, -0.15) is 0 Å². The summed E-state index contributed by atoms with van der Waals surface area (Å²) in [4.78, 5) is 34.8. The molecule has 1 aromatic carbocycles. The fourth-order valence-electron chi connectivity index (χ4n) is 5.18. The molecule has 0 radical (unpaired) electrons. The van der Waals surface area contributed by atoms with Crippen molar-refractivity contribution >= 4 is 11.8 Å². The van der Waals surface area contributed by atoms with Gasteiger partial charge in [0.1, 0.15) is 11.9 Å². The first-order valence-electron chi connectivity index (χ1n) is 12.7. The van der Waals surface area contributed by atoms with Gasteiger partial charge in [-0.25, -0.2) is 0 Å². The molecule has 2 atom stereocenters. The number of nitrogens with zero attached hydrogens (tertiary/aromatic N) is 4. The van der Waals surface area contributed by atoms with Gasteiger partial charge in [-0.15, -0.1) is 0 Å². The number of hydrogen-bond donors (Lipinski definition) is 0. The molecule has 0 saturated carbocycles. The van der Waals surface area contributed by atoms with E-state index in [0.717, 1.165) is 57.4 Å². The van der Waals surface area contributed by atoms with Crippen LogP contribution in [-0.2, 0) is 9.59 Å². The van der Waals surface area contributed by atoms with Crippen LogP contribution < -0.4 is 4.74 Å². The Morgan fingerprint density at radius 2 is 1.58 bits per heavy atom. The van der Waals surface area contributed by atoms with Crippen LogP contribution in [0.1, 0.15) is 32.6 Å². The molecule has 1 aromatic rings. The van der Waals surface area contributed by atoms with Crippen LogP contribution in [0.3, 0.4) is 0 Å². The quantitative estimate of drug-likeness (QED) is 0.657. The van der Waals surface area contributed by atoms with Gasteiger partial charge >= 0.3 is 0 Å². The van der Waals surface area contributed by atoms with Crippen molar-refractivity contribution in [2.75, 3.05) is 66.0 Å². The first-order valence-corrected chi connectivity index (χ1v) is 12.7. The Balaban J connectivity index is 1.38. The molecule has 0 spiro atoms. The van der Waals surface area contributed by atoms with E-state index >= 15 is 0 Å². The summed E-state index contributed by atoms with van der Waals surface area (Å²) in [6.45, 7) is 9.48. The maximum absolute atomic E-state index is 13.1. The van der Waals surface area contributed by atoms with E-state index in [4.69, 9.17) is 4.74 Å². The highest BCUT2D eigenvalue weighted by Crippen LogP contribution is 2.27. The number of likely N-dealkylation sites (tertiary alicyclic amines) is 2. The first kappa shape index (κ1) is 24.0. The fraction of sp³-hybridized carbons (Fsp3) is 0.692. The van der Waals surface area contributed by atoms with Gasteiger partial charge in [0.05, 0.1) is 6.54 Å². The maximum atomic E-state index is 13.1. The third-order valence-electron chi connectivity index (χ3n) is 7.58. The molecule has 33 heavy (non-hydrogen) atoms. The van der Waals surface area contributed by atoms with E-state index in [1.54, 1.807) is 0 Å². The molecule has 7 heteroatoms. The number of carbonyl (C=O) groups excluding carboxylic acids is 2. The van der Waals surface area contributed by atoms with Crippen LogP contribution in [0.2, 0.25) is 0 Å². The molecule has 0 aromatic heterocycles. The lowest BCUT2D eigenvalue weighted by atomic mass is 9.90. The molecule has 0 N–H and O–H groups in total. The lowest BCUT2D eigenvalue weighted by Gasteiger charge is -2.40. The minimum absolute atomic E-state index is 0.0106. The molecule has 3 fully saturated rings. The second-order valence-corrected chi connectivity index (χ2v) is 10.2. The largest absolute Gasteiger partial charge is 0.490 e. The van der Waals surface area contributed by atoms with Crippen LogP contribution in [0, 0.1) is 11.8 Å². The lowest BCUT2D eigenvalue weighted by molar-refractivity contribution is -0.140. The van der Waals surface area contributed by atoms with Gasteiger partial charge < -0.3 is 19.4 Å². The molecule has 7 nitrogen and oxygen atoms in total. The molecular weight excluding hydrogens is 416 g/mol. The van der Waals surface area contributed by atoms with Gasteiger partial charge in [0.2, 0.25) is 11.8 Å². The van der Waals surface area contributed by atoms with E-state index in [1.165, 1.54) is 12.8 Å². The summed E-state index contributed by atoms with van der Waals surface area (Å²) >= 11 is 0. The summed E-state index contributed by atoms with van der Waals surface area (Å²) in [5.74, 6) is 1.99. The number of hydrogen-bond acceptors (Lipinski definition) is 5. The number of likely N-dealkylation sites (N-methyl/N-ethyl adjacent to an activating group) is 1. The van der Waals surface area contributed by atoms with Crippen molar-refractivity contribution in [3.05, 3.63) is 30.3 Å². The average Bonchev–Trinajstić information content (AvgIpc) is 2.82. The minimum atomic E-state index is -0.0521.